The lowest BCUT2D eigenvalue weighted by molar-refractivity contribution is 0.0737. The molecule has 1 aliphatic heterocycles. The molecule has 4 rings (SSSR count). The molecule has 1 heterocycles. The van der Waals surface area contributed by atoms with Crippen LogP contribution in [0.3, 0.4) is 0 Å². The Balaban J connectivity index is 1.84. The molecule has 0 radical (unpaired) electrons. The summed E-state index contributed by atoms with van der Waals surface area (Å²) in [5.41, 5.74) is 0.224. The van der Waals surface area contributed by atoms with E-state index in [1.165, 1.54) is 26.0 Å². The number of para-hydroxylation sites is 1. The van der Waals surface area contributed by atoms with Gasteiger partial charge >= 0.3 is 0 Å². The molecule has 0 aromatic heterocycles. The summed E-state index contributed by atoms with van der Waals surface area (Å²) in [6.45, 7) is 0. The molecule has 1 atom stereocenters. The first-order valence-corrected chi connectivity index (χ1v) is 10.8. The Hall–Kier alpha value is -3.17. The van der Waals surface area contributed by atoms with Gasteiger partial charge in [0.05, 0.1) is 14.2 Å². The van der Waals surface area contributed by atoms with Gasteiger partial charge in [0, 0.05) is 28.3 Å². The normalized spacial score (nSPS) is 15.4. The number of carbonyl (C=O) groups excluding carboxylic acids is 1. The molecule has 170 valence electrons. The maximum absolute atomic E-state index is 14.4. The van der Waals surface area contributed by atoms with E-state index in [2.05, 4.69) is 5.10 Å². The van der Waals surface area contributed by atoms with Crippen LogP contribution in [-0.4, -0.2) is 30.2 Å². The predicted octanol–water partition coefficient (Wildman–Crippen LogP) is 6.02. The van der Waals surface area contributed by atoms with Crippen LogP contribution in [0.5, 0.6) is 11.5 Å². The summed E-state index contributed by atoms with van der Waals surface area (Å²) in [6, 6.07) is 12.7. The number of hydrogen-bond donors (Lipinski definition) is 0. The van der Waals surface area contributed by atoms with Crippen molar-refractivity contribution in [2.45, 2.75) is 5.37 Å². The lowest BCUT2D eigenvalue weighted by atomic mass is 10.1. The number of nitrogens with zero attached hydrogens (tertiary/aromatic N) is 2. The highest BCUT2D eigenvalue weighted by Crippen LogP contribution is 2.47. The third kappa shape index (κ3) is 4.38. The quantitative estimate of drug-likeness (QED) is 0.437. The molecule has 0 bridgehead atoms. The van der Waals surface area contributed by atoms with E-state index in [1.54, 1.807) is 42.5 Å². The first-order chi connectivity index (χ1) is 15.8. The van der Waals surface area contributed by atoms with Gasteiger partial charge in [0.2, 0.25) is 0 Å². The van der Waals surface area contributed by atoms with E-state index in [9.17, 15) is 18.0 Å². The molecule has 0 saturated carbocycles. The summed E-state index contributed by atoms with van der Waals surface area (Å²) < 4.78 is 53.1. The van der Waals surface area contributed by atoms with E-state index in [-0.39, 0.29) is 0 Å². The van der Waals surface area contributed by atoms with Crippen molar-refractivity contribution in [1.82, 2.24) is 5.01 Å². The minimum atomic E-state index is -1.32. The highest BCUT2D eigenvalue weighted by Gasteiger charge is 2.39. The predicted molar refractivity (Wildman–Crippen MR) is 120 cm³/mol. The van der Waals surface area contributed by atoms with E-state index in [4.69, 9.17) is 21.1 Å². The summed E-state index contributed by atoms with van der Waals surface area (Å²) in [6.07, 6.45) is 0. The fraction of sp³-hybridized carbons (Fsp3) is 0.130. The largest absolute Gasteiger partial charge is 0.493 e. The number of hydrazone groups is 1. The van der Waals surface area contributed by atoms with E-state index in [1.807, 2.05) is 0 Å². The number of hydrogen-bond acceptors (Lipinski definition) is 5. The topological polar surface area (TPSA) is 51.1 Å². The molecule has 10 heteroatoms. The number of amides is 1. The number of thioether (sulfide) groups is 1. The van der Waals surface area contributed by atoms with Crippen LogP contribution in [0, 0.1) is 17.5 Å². The van der Waals surface area contributed by atoms with Crippen molar-refractivity contribution in [2.24, 2.45) is 5.10 Å². The zero-order valence-electron chi connectivity index (χ0n) is 17.3. The number of benzene rings is 3. The highest BCUT2D eigenvalue weighted by atomic mass is 35.5. The Morgan fingerprint density at radius 3 is 2.30 bits per heavy atom. The van der Waals surface area contributed by atoms with Crippen LogP contribution >= 0.6 is 23.4 Å². The lowest BCUT2D eigenvalue weighted by Crippen LogP contribution is -2.28. The van der Waals surface area contributed by atoms with E-state index < -0.39 is 34.3 Å². The second-order valence-electron chi connectivity index (χ2n) is 6.86. The van der Waals surface area contributed by atoms with Gasteiger partial charge in [0.1, 0.15) is 33.4 Å². The summed E-state index contributed by atoms with van der Waals surface area (Å²) in [5, 5.41) is 5.38. The molecule has 3 aromatic rings. The van der Waals surface area contributed by atoms with Gasteiger partial charge in [-0.3, -0.25) is 4.79 Å². The van der Waals surface area contributed by atoms with Crippen molar-refractivity contribution >= 4 is 34.3 Å². The van der Waals surface area contributed by atoms with E-state index in [0.717, 1.165) is 5.01 Å². The molecule has 0 saturated heterocycles. The van der Waals surface area contributed by atoms with Crippen molar-refractivity contribution in [2.75, 3.05) is 14.2 Å². The molecule has 1 aliphatic rings. The SMILES string of the molecule is COc1cccc([C@H]2SC(c3ccc(Cl)cc3)=NN2C(=O)c2c(F)cc(F)cc2F)c1OC. The van der Waals surface area contributed by atoms with E-state index in [0.29, 0.717) is 44.8 Å². The van der Waals surface area contributed by atoms with Crippen LogP contribution in [0.2, 0.25) is 5.02 Å². The summed E-state index contributed by atoms with van der Waals surface area (Å²) in [7, 11) is 2.90. The summed E-state index contributed by atoms with van der Waals surface area (Å²) >= 11 is 7.14. The number of methoxy groups -OCH3 is 2. The maximum atomic E-state index is 14.4. The average Bonchev–Trinajstić information content (AvgIpc) is 3.23. The van der Waals surface area contributed by atoms with Gasteiger partial charge in [-0.2, -0.15) is 5.10 Å². The molecular weight excluding hydrogens is 477 g/mol. The van der Waals surface area contributed by atoms with Crippen molar-refractivity contribution in [3.63, 3.8) is 0 Å². The van der Waals surface area contributed by atoms with Gasteiger partial charge in [0.25, 0.3) is 5.91 Å². The lowest BCUT2D eigenvalue weighted by Gasteiger charge is -2.24. The Bertz CT molecular complexity index is 1230. The van der Waals surface area contributed by atoms with Gasteiger partial charge in [-0.15, -0.1) is 0 Å². The number of rotatable bonds is 5. The Morgan fingerprint density at radius 1 is 1.03 bits per heavy atom. The second-order valence-corrected chi connectivity index (χ2v) is 8.36. The Kier molecular flexibility index (Phi) is 6.53. The smallest absolute Gasteiger partial charge is 0.281 e. The third-order valence-corrected chi connectivity index (χ3v) is 6.33. The van der Waals surface area contributed by atoms with Crippen LogP contribution in [0.15, 0.2) is 59.7 Å². The average molecular weight is 493 g/mol. The van der Waals surface area contributed by atoms with Crippen molar-refractivity contribution < 1.29 is 27.4 Å². The van der Waals surface area contributed by atoms with Crippen LogP contribution in [0.1, 0.15) is 26.9 Å². The van der Waals surface area contributed by atoms with Gasteiger partial charge in [0.15, 0.2) is 11.5 Å². The summed E-state index contributed by atoms with van der Waals surface area (Å²) in [4.78, 5) is 13.3. The zero-order chi connectivity index (χ0) is 23.7. The van der Waals surface area contributed by atoms with Gasteiger partial charge in [-0.05, 0) is 18.2 Å². The molecule has 3 aromatic carbocycles. The van der Waals surface area contributed by atoms with E-state index >= 15 is 0 Å². The first kappa shape index (κ1) is 23.0. The molecule has 0 N–H and O–H groups in total. The van der Waals surface area contributed by atoms with Gasteiger partial charge in [-0.25, -0.2) is 18.2 Å². The first-order valence-electron chi connectivity index (χ1n) is 9.54. The van der Waals surface area contributed by atoms with Crippen LogP contribution in [0.25, 0.3) is 0 Å². The zero-order valence-corrected chi connectivity index (χ0v) is 18.9. The molecular formula is C23H16ClF3N2O3S. The van der Waals surface area contributed by atoms with Gasteiger partial charge in [-0.1, -0.05) is 47.6 Å². The third-order valence-electron chi connectivity index (χ3n) is 4.86. The van der Waals surface area contributed by atoms with Crippen molar-refractivity contribution in [3.05, 3.63) is 93.8 Å². The Morgan fingerprint density at radius 2 is 1.70 bits per heavy atom. The summed E-state index contributed by atoms with van der Waals surface area (Å²) in [5.74, 6) is -4.11. The minimum Gasteiger partial charge on any atom is -0.493 e. The Labute approximate surface area is 196 Å². The number of ether oxygens (including phenoxy) is 2. The second kappa shape index (κ2) is 9.36. The maximum Gasteiger partial charge on any atom is 0.281 e. The molecule has 0 spiro atoms. The van der Waals surface area contributed by atoms with Crippen LogP contribution < -0.4 is 9.47 Å². The fourth-order valence-corrected chi connectivity index (χ4v) is 4.66. The standard InChI is InChI=1S/C23H16ClF3N2O3S/c1-31-18-5-3-4-15(20(18)32-2)23-29(22(30)19-16(26)10-14(25)11-17(19)27)28-21(33-23)12-6-8-13(24)9-7-12/h3-11,23H,1-2H3/t23-/m1/s1. The number of halogens is 4. The minimum absolute atomic E-state index is 0.336. The molecule has 1 amide bonds. The van der Waals surface area contributed by atoms with Gasteiger partial charge < -0.3 is 9.47 Å². The molecule has 5 nitrogen and oxygen atoms in total. The number of carbonyl (C=O) groups is 1. The molecule has 33 heavy (non-hydrogen) atoms. The monoisotopic (exact) mass is 492 g/mol. The van der Waals surface area contributed by atoms with Crippen LogP contribution in [-0.2, 0) is 0 Å². The molecule has 0 aliphatic carbocycles. The van der Waals surface area contributed by atoms with Crippen molar-refractivity contribution in [3.8, 4) is 11.5 Å². The molecule has 0 fully saturated rings. The highest BCUT2D eigenvalue weighted by molar-refractivity contribution is 8.14. The van der Waals surface area contributed by atoms with Crippen LogP contribution in [0.4, 0.5) is 13.2 Å². The van der Waals surface area contributed by atoms with Crippen molar-refractivity contribution in [1.29, 1.82) is 0 Å². The fourth-order valence-electron chi connectivity index (χ4n) is 3.36. The molecule has 0 unspecified atom stereocenters.